The van der Waals surface area contributed by atoms with Gasteiger partial charge in [-0.15, -0.1) is 0 Å². The fourth-order valence-corrected chi connectivity index (χ4v) is 8.97. The molecule has 0 aliphatic heterocycles. The van der Waals surface area contributed by atoms with Crippen molar-refractivity contribution in [1.29, 1.82) is 0 Å². The molecule has 0 radical (unpaired) electrons. The maximum atomic E-state index is 12.9. The van der Waals surface area contributed by atoms with Crippen molar-refractivity contribution in [3.63, 3.8) is 0 Å². The molecule has 6 nitrogen and oxygen atoms in total. The van der Waals surface area contributed by atoms with Crippen LogP contribution in [0.5, 0.6) is 0 Å². The topological polar surface area (TPSA) is 78.9 Å². The van der Waals surface area contributed by atoms with E-state index in [1.807, 2.05) is 0 Å². The van der Waals surface area contributed by atoms with Crippen molar-refractivity contribution in [3.8, 4) is 0 Å². The Hall–Kier alpha value is -4.45. The number of allylic oxidation sites excluding steroid dienone is 22. The Morgan fingerprint density at radius 3 is 0.825 bits per heavy atom. The highest BCUT2D eigenvalue weighted by Crippen LogP contribution is 2.16. The minimum absolute atomic E-state index is 0.102. The Morgan fingerprint density at radius 1 is 0.263 bits per heavy atom. The van der Waals surface area contributed by atoms with Gasteiger partial charge in [0.15, 0.2) is 6.10 Å². The van der Waals surface area contributed by atoms with Crippen LogP contribution in [0.25, 0.3) is 0 Å². The number of esters is 3. The van der Waals surface area contributed by atoms with Crippen LogP contribution in [0.4, 0.5) is 0 Å². The van der Waals surface area contributed by atoms with E-state index in [1.54, 1.807) is 0 Å². The minimum Gasteiger partial charge on any atom is -0.462 e. The molecule has 80 heavy (non-hydrogen) atoms. The summed E-state index contributed by atoms with van der Waals surface area (Å²) in [4.78, 5) is 38.4. The number of carbonyl (C=O) groups is 3. The van der Waals surface area contributed by atoms with Gasteiger partial charge in [0.05, 0.1) is 0 Å². The summed E-state index contributed by atoms with van der Waals surface area (Å²) in [6.45, 7) is 6.37. The third-order valence-corrected chi connectivity index (χ3v) is 13.9. The molecule has 1 atom stereocenters. The zero-order valence-corrected chi connectivity index (χ0v) is 52.0. The number of unbranched alkanes of at least 4 members (excludes halogenated alkanes) is 26. The van der Waals surface area contributed by atoms with Crippen LogP contribution >= 0.6 is 0 Å². The largest absolute Gasteiger partial charge is 0.462 e. The summed E-state index contributed by atoms with van der Waals surface area (Å²) in [5.41, 5.74) is 0. The van der Waals surface area contributed by atoms with Crippen LogP contribution in [0.1, 0.15) is 297 Å². The molecule has 0 aliphatic rings. The molecule has 0 spiro atoms. The Balaban J connectivity index is 4.41. The van der Waals surface area contributed by atoms with Crippen LogP contribution in [-0.2, 0) is 28.6 Å². The van der Waals surface area contributed by atoms with Gasteiger partial charge in [0, 0.05) is 19.3 Å². The van der Waals surface area contributed by atoms with Gasteiger partial charge in [0.2, 0.25) is 0 Å². The fraction of sp³-hybridized carbons (Fsp3) is 0.662. The standard InChI is InChI=1S/C74H122O6/c1-4-7-10-13-16-19-22-25-28-31-33-34-35-36-37-38-39-40-41-44-46-49-52-55-58-61-64-67-73(76)79-70-71(69-78-72(75)66-63-60-57-54-51-48-45-42-30-27-24-21-18-15-12-9-6-3)80-74(77)68-65-62-59-56-53-50-47-43-32-29-26-23-20-17-14-11-8-5-2/h7,9-10,12,16,18-19,21,25,27-30,32-34,36-37,45,48,54,57,71H,4-6,8,11,13-15,17,20,22-24,26,31,35,38-44,46-47,49-53,55-56,58-70H2,1-3H3/b10-7-,12-9-,19-16-,21-18-,28-25-,30-27-,32-29-,34-33-,37-36-,48-45-,57-54-. The highest BCUT2D eigenvalue weighted by Gasteiger charge is 2.19. The highest BCUT2D eigenvalue weighted by molar-refractivity contribution is 5.71. The molecule has 0 aromatic rings. The molecule has 0 N–H and O–H groups in total. The highest BCUT2D eigenvalue weighted by atomic mass is 16.6. The van der Waals surface area contributed by atoms with Crippen LogP contribution < -0.4 is 0 Å². The number of hydrogen-bond donors (Lipinski definition) is 0. The zero-order valence-electron chi connectivity index (χ0n) is 52.0. The Morgan fingerprint density at radius 2 is 0.500 bits per heavy atom. The summed E-state index contributed by atoms with van der Waals surface area (Å²) in [5.74, 6) is -0.964. The average molecular weight is 1110 g/mol. The SMILES string of the molecule is CC/C=C\C/C=C\C/C=C\C/C=C\C/C=C\CCCCCCCCCCCCCC(=O)OCC(COC(=O)CCC/C=C\C/C=C\C/C=C\C/C=C\C/C=C\CC)OC(=O)CCCCCCCCC/C=C\CCCCCCCCC. The second kappa shape index (κ2) is 67.1. The third kappa shape index (κ3) is 64.4. The lowest BCUT2D eigenvalue weighted by Crippen LogP contribution is -2.30. The van der Waals surface area contributed by atoms with Crippen molar-refractivity contribution < 1.29 is 28.6 Å². The van der Waals surface area contributed by atoms with Crippen molar-refractivity contribution >= 4 is 17.9 Å². The molecule has 0 fully saturated rings. The van der Waals surface area contributed by atoms with E-state index in [2.05, 4.69) is 154 Å². The normalized spacial score (nSPS) is 13.0. The van der Waals surface area contributed by atoms with E-state index in [0.717, 1.165) is 109 Å². The van der Waals surface area contributed by atoms with E-state index in [1.165, 1.54) is 141 Å². The van der Waals surface area contributed by atoms with Gasteiger partial charge < -0.3 is 14.2 Å². The van der Waals surface area contributed by atoms with Gasteiger partial charge in [-0.1, -0.05) is 283 Å². The van der Waals surface area contributed by atoms with Crippen molar-refractivity contribution in [2.45, 2.75) is 303 Å². The number of carbonyl (C=O) groups excluding carboxylic acids is 3. The predicted molar refractivity (Wildman–Crippen MR) is 348 cm³/mol. The molecular weight excluding hydrogens is 985 g/mol. The Labute approximate surface area is 494 Å². The number of ether oxygens (including phenoxy) is 3. The zero-order chi connectivity index (χ0) is 57.8. The minimum atomic E-state index is -0.810. The van der Waals surface area contributed by atoms with Crippen LogP contribution in [-0.4, -0.2) is 37.2 Å². The molecule has 454 valence electrons. The molecule has 0 aromatic heterocycles. The third-order valence-electron chi connectivity index (χ3n) is 13.9. The van der Waals surface area contributed by atoms with E-state index in [-0.39, 0.29) is 37.5 Å². The number of hydrogen-bond acceptors (Lipinski definition) is 6. The quantitative estimate of drug-likeness (QED) is 0.0261. The molecule has 0 saturated heterocycles. The first-order valence-corrected chi connectivity index (χ1v) is 33.2. The lowest BCUT2D eigenvalue weighted by molar-refractivity contribution is -0.167. The molecule has 0 bridgehead atoms. The number of rotatable bonds is 59. The molecule has 0 aromatic carbocycles. The van der Waals surface area contributed by atoms with Crippen molar-refractivity contribution in [2.24, 2.45) is 0 Å². The van der Waals surface area contributed by atoms with Crippen LogP contribution in [0.2, 0.25) is 0 Å². The van der Waals surface area contributed by atoms with Gasteiger partial charge in [0.25, 0.3) is 0 Å². The Kier molecular flexibility index (Phi) is 63.3. The van der Waals surface area contributed by atoms with Crippen LogP contribution in [0.3, 0.4) is 0 Å². The summed E-state index contributed by atoms with van der Waals surface area (Å²) in [6.07, 6.45) is 94.7. The van der Waals surface area contributed by atoms with Gasteiger partial charge in [-0.3, -0.25) is 14.4 Å². The summed E-state index contributed by atoms with van der Waals surface area (Å²) in [7, 11) is 0. The lowest BCUT2D eigenvalue weighted by atomic mass is 10.0. The van der Waals surface area contributed by atoms with Crippen molar-refractivity contribution in [3.05, 3.63) is 134 Å². The predicted octanol–water partition coefficient (Wildman–Crippen LogP) is 22.9. The van der Waals surface area contributed by atoms with E-state index in [9.17, 15) is 14.4 Å². The Bertz CT molecular complexity index is 1700. The first-order valence-electron chi connectivity index (χ1n) is 33.2. The van der Waals surface area contributed by atoms with Gasteiger partial charge >= 0.3 is 17.9 Å². The molecule has 0 aliphatic carbocycles. The average Bonchev–Trinajstić information content (AvgIpc) is 3.46. The summed E-state index contributed by atoms with van der Waals surface area (Å²) in [6, 6.07) is 0. The second-order valence-corrected chi connectivity index (χ2v) is 21.6. The fourth-order valence-electron chi connectivity index (χ4n) is 8.97. The summed E-state index contributed by atoms with van der Waals surface area (Å²) >= 11 is 0. The van der Waals surface area contributed by atoms with E-state index >= 15 is 0 Å². The van der Waals surface area contributed by atoms with Gasteiger partial charge in [-0.05, 0) is 128 Å². The first-order chi connectivity index (χ1) is 39.5. The molecule has 1 unspecified atom stereocenters. The van der Waals surface area contributed by atoms with Crippen LogP contribution in [0.15, 0.2) is 134 Å². The summed E-state index contributed by atoms with van der Waals surface area (Å²) < 4.78 is 16.9. The summed E-state index contributed by atoms with van der Waals surface area (Å²) in [5, 5.41) is 0. The van der Waals surface area contributed by atoms with Gasteiger partial charge in [-0.2, -0.15) is 0 Å². The molecule has 0 amide bonds. The molecule has 0 rings (SSSR count). The lowest BCUT2D eigenvalue weighted by Gasteiger charge is -2.18. The maximum absolute atomic E-state index is 12.9. The molecule has 0 heterocycles. The van der Waals surface area contributed by atoms with Crippen LogP contribution in [0, 0.1) is 0 Å². The van der Waals surface area contributed by atoms with E-state index < -0.39 is 6.10 Å². The first kappa shape index (κ1) is 75.5. The van der Waals surface area contributed by atoms with E-state index in [0.29, 0.717) is 19.3 Å². The maximum Gasteiger partial charge on any atom is 0.306 e. The van der Waals surface area contributed by atoms with Gasteiger partial charge in [-0.25, -0.2) is 0 Å². The van der Waals surface area contributed by atoms with E-state index in [4.69, 9.17) is 14.2 Å². The monoisotopic (exact) mass is 1110 g/mol. The molecule has 0 saturated carbocycles. The molecule has 6 heteroatoms. The van der Waals surface area contributed by atoms with Crippen molar-refractivity contribution in [1.82, 2.24) is 0 Å². The molecular formula is C74H122O6. The van der Waals surface area contributed by atoms with Gasteiger partial charge in [0.1, 0.15) is 13.2 Å². The van der Waals surface area contributed by atoms with Crippen molar-refractivity contribution in [2.75, 3.05) is 13.2 Å². The smallest absolute Gasteiger partial charge is 0.306 e. The second-order valence-electron chi connectivity index (χ2n) is 21.6.